The number of nitrogens with zero attached hydrogens (tertiary/aromatic N) is 2. The third-order valence-corrected chi connectivity index (χ3v) is 6.16. The second-order valence-corrected chi connectivity index (χ2v) is 8.66. The Hall–Kier alpha value is -3.32. The van der Waals surface area contributed by atoms with Crippen molar-refractivity contribution in [3.63, 3.8) is 0 Å². The van der Waals surface area contributed by atoms with Crippen molar-refractivity contribution in [2.45, 2.75) is 31.8 Å². The minimum absolute atomic E-state index is 0.0962. The van der Waals surface area contributed by atoms with Crippen molar-refractivity contribution in [3.05, 3.63) is 69.2 Å². The van der Waals surface area contributed by atoms with Crippen LogP contribution in [0.5, 0.6) is 0 Å². The minimum atomic E-state index is -0.714. The molecule has 0 spiro atoms. The van der Waals surface area contributed by atoms with Gasteiger partial charge in [0.25, 0.3) is 11.8 Å². The second-order valence-electron chi connectivity index (χ2n) is 7.82. The molecule has 8 nitrogen and oxygen atoms in total. The zero-order chi connectivity index (χ0) is 23.7. The van der Waals surface area contributed by atoms with Gasteiger partial charge in [0.2, 0.25) is 0 Å². The summed E-state index contributed by atoms with van der Waals surface area (Å²) in [4.78, 5) is 45.5. The average molecular weight is 487 g/mol. The number of carbonyl (C=O) groups excluding carboxylic acids is 3. The van der Waals surface area contributed by atoms with E-state index in [2.05, 4.69) is 15.3 Å². The van der Waals surface area contributed by atoms with Crippen LogP contribution < -0.4 is 5.32 Å². The van der Waals surface area contributed by atoms with Crippen LogP contribution in [0.25, 0.3) is 11.0 Å². The molecule has 1 saturated heterocycles. The third kappa shape index (κ3) is 4.59. The highest BCUT2D eigenvalue weighted by molar-refractivity contribution is 6.34. The number of halogens is 2. The molecule has 1 fully saturated rings. The molecule has 4 rings (SSSR count). The molecule has 1 aliphatic heterocycles. The van der Waals surface area contributed by atoms with Gasteiger partial charge in [-0.15, -0.1) is 0 Å². The summed E-state index contributed by atoms with van der Waals surface area (Å²) in [7, 11) is 0. The number of aromatic nitrogens is 2. The molecular weight excluding hydrogens is 467 g/mol. The van der Waals surface area contributed by atoms with Crippen LogP contribution in [0.1, 0.15) is 52.3 Å². The van der Waals surface area contributed by atoms with Crippen molar-refractivity contribution in [2.75, 3.05) is 6.54 Å². The van der Waals surface area contributed by atoms with Crippen molar-refractivity contribution in [2.24, 2.45) is 0 Å². The first-order chi connectivity index (χ1) is 15.8. The van der Waals surface area contributed by atoms with Gasteiger partial charge < -0.3 is 20.3 Å². The highest BCUT2D eigenvalue weighted by Gasteiger charge is 2.33. The van der Waals surface area contributed by atoms with Crippen molar-refractivity contribution in [1.82, 2.24) is 20.2 Å². The molecule has 0 aliphatic carbocycles. The number of aliphatic hydroxyl groups excluding tert-OH is 1. The molecule has 0 saturated carbocycles. The molecule has 170 valence electrons. The van der Waals surface area contributed by atoms with Gasteiger partial charge in [0.1, 0.15) is 11.9 Å². The summed E-state index contributed by atoms with van der Waals surface area (Å²) < 4.78 is 0. The first-order valence-electron chi connectivity index (χ1n) is 10.3. The van der Waals surface area contributed by atoms with Crippen LogP contribution in [0.2, 0.25) is 10.0 Å². The lowest BCUT2D eigenvalue weighted by atomic mass is 10.1. The molecular formula is C23H20Cl2N4O4. The van der Waals surface area contributed by atoms with Crippen molar-refractivity contribution in [1.29, 1.82) is 0 Å². The topological polar surface area (TPSA) is 115 Å². The minimum Gasteiger partial charge on any atom is -0.500 e. The maximum atomic E-state index is 12.9. The summed E-state index contributed by atoms with van der Waals surface area (Å²) in [6.45, 7) is 2.17. The lowest BCUT2D eigenvalue weighted by molar-refractivity contribution is 0.0731. The summed E-state index contributed by atoms with van der Waals surface area (Å²) in [6.07, 6.45) is 1.11. The predicted molar refractivity (Wildman–Crippen MR) is 124 cm³/mol. The van der Waals surface area contributed by atoms with Crippen LogP contribution in [0.15, 0.2) is 42.2 Å². The number of imidazole rings is 1. The average Bonchev–Trinajstić information content (AvgIpc) is 3.45. The van der Waals surface area contributed by atoms with Crippen molar-refractivity contribution < 1.29 is 19.5 Å². The van der Waals surface area contributed by atoms with E-state index in [9.17, 15) is 19.5 Å². The Labute approximate surface area is 199 Å². The maximum absolute atomic E-state index is 12.9. The Morgan fingerprint density at radius 1 is 1.27 bits per heavy atom. The quantitative estimate of drug-likeness (QED) is 0.368. The van der Waals surface area contributed by atoms with Gasteiger partial charge in [0.15, 0.2) is 11.7 Å². The summed E-state index contributed by atoms with van der Waals surface area (Å²) in [6, 6.07) is 8.52. The van der Waals surface area contributed by atoms with E-state index in [1.807, 2.05) is 0 Å². The lowest BCUT2D eigenvalue weighted by Crippen LogP contribution is -2.37. The van der Waals surface area contributed by atoms with Crippen LogP contribution in [0, 0.1) is 0 Å². The van der Waals surface area contributed by atoms with E-state index < -0.39 is 23.8 Å². The molecule has 2 amide bonds. The van der Waals surface area contributed by atoms with Crippen molar-refractivity contribution >= 4 is 52.0 Å². The molecule has 1 aromatic heterocycles. The summed E-state index contributed by atoms with van der Waals surface area (Å²) in [5, 5.41) is 13.3. The number of fused-ring (bicyclic) bond motifs is 1. The fourth-order valence-electron chi connectivity index (χ4n) is 3.90. The van der Waals surface area contributed by atoms with E-state index in [1.165, 1.54) is 29.0 Å². The largest absolute Gasteiger partial charge is 0.500 e. The number of nitrogens with one attached hydrogen (secondary N) is 2. The Balaban J connectivity index is 1.49. The number of H-pyrrole nitrogens is 1. The molecule has 3 N–H and O–H groups in total. The van der Waals surface area contributed by atoms with E-state index in [1.54, 1.807) is 25.1 Å². The lowest BCUT2D eigenvalue weighted by Gasteiger charge is -2.23. The zero-order valence-corrected chi connectivity index (χ0v) is 19.1. The van der Waals surface area contributed by atoms with E-state index >= 15 is 0 Å². The Bertz CT molecular complexity index is 1300. The predicted octanol–water partition coefficient (Wildman–Crippen LogP) is 4.24. The number of carbonyl (C=O) groups is 2. The first kappa shape index (κ1) is 22.9. The third-order valence-electron chi connectivity index (χ3n) is 5.62. The zero-order valence-electron chi connectivity index (χ0n) is 17.6. The van der Waals surface area contributed by atoms with Gasteiger partial charge in [-0.2, -0.15) is 0 Å². The van der Waals surface area contributed by atoms with Crippen LogP contribution in [-0.2, 0) is 4.79 Å². The van der Waals surface area contributed by atoms with Crippen molar-refractivity contribution in [3.8, 4) is 0 Å². The van der Waals surface area contributed by atoms with Crippen LogP contribution >= 0.6 is 23.2 Å². The summed E-state index contributed by atoms with van der Waals surface area (Å²) >= 11 is 12.3. The van der Waals surface area contributed by atoms with Gasteiger partial charge in [0.05, 0.1) is 27.7 Å². The summed E-state index contributed by atoms with van der Waals surface area (Å²) in [5.41, 5.74) is 1.95. The normalized spacial score (nSPS) is 16.5. The van der Waals surface area contributed by atoms with Crippen LogP contribution in [-0.4, -0.2) is 50.3 Å². The van der Waals surface area contributed by atoms with E-state index in [4.69, 9.17) is 23.2 Å². The highest BCUT2D eigenvalue weighted by atomic mass is 35.5. The Kier molecular flexibility index (Phi) is 6.42. The van der Waals surface area contributed by atoms with Gasteiger partial charge >= 0.3 is 0 Å². The molecule has 0 unspecified atom stereocenters. The maximum Gasteiger partial charge on any atom is 0.256 e. The molecule has 0 bridgehead atoms. The molecule has 2 aromatic carbocycles. The SMILES string of the molecule is C[C@H](NC(=O)c1ccc(C(=O)N2CCC[C@H]2C(O)=C=O)c(Cl)c1)c1nc2ccc(Cl)cc2[nH]1. The van der Waals surface area contributed by atoms with Crippen LogP contribution in [0.3, 0.4) is 0 Å². The van der Waals surface area contributed by atoms with Crippen LogP contribution in [0.4, 0.5) is 0 Å². The molecule has 3 aromatic rings. The van der Waals surface area contributed by atoms with Gasteiger partial charge in [-0.05, 0) is 56.2 Å². The number of aliphatic hydroxyl groups is 1. The number of benzene rings is 2. The fourth-order valence-corrected chi connectivity index (χ4v) is 4.34. The van der Waals surface area contributed by atoms with E-state index in [0.29, 0.717) is 30.2 Å². The first-order valence-corrected chi connectivity index (χ1v) is 11.0. The van der Waals surface area contributed by atoms with Gasteiger partial charge in [0, 0.05) is 17.1 Å². The number of amides is 2. The molecule has 2 heterocycles. The Morgan fingerprint density at radius 3 is 2.79 bits per heavy atom. The number of rotatable bonds is 5. The number of hydrogen-bond acceptors (Lipinski definition) is 5. The smallest absolute Gasteiger partial charge is 0.256 e. The molecule has 10 heteroatoms. The Morgan fingerprint density at radius 2 is 2.06 bits per heavy atom. The highest BCUT2D eigenvalue weighted by Crippen LogP contribution is 2.27. The molecule has 0 radical (unpaired) electrons. The number of aromatic amines is 1. The summed E-state index contributed by atoms with van der Waals surface area (Å²) in [5.74, 6) is 0.707. The van der Waals surface area contributed by atoms with E-state index in [0.717, 1.165) is 11.0 Å². The monoisotopic (exact) mass is 486 g/mol. The fraction of sp³-hybridized carbons (Fsp3) is 0.261. The number of hydrogen-bond donors (Lipinski definition) is 3. The molecule has 33 heavy (non-hydrogen) atoms. The van der Waals surface area contributed by atoms with Gasteiger partial charge in [-0.25, -0.2) is 9.78 Å². The van der Waals surface area contributed by atoms with Gasteiger partial charge in [-0.3, -0.25) is 9.59 Å². The molecule has 2 atom stereocenters. The van der Waals surface area contributed by atoms with Gasteiger partial charge in [-0.1, -0.05) is 23.2 Å². The second kappa shape index (κ2) is 9.27. The molecule has 1 aliphatic rings. The standard InChI is InChI=1S/C23H20Cl2N4O4/c1-12(21-27-17-7-5-14(24)10-18(17)28-21)26-22(32)13-4-6-15(16(25)9-13)23(33)29-8-2-3-19(29)20(31)11-30/h4-7,9-10,12,19,31H,2-3,8H2,1H3,(H,26,32)(H,27,28)/t12-,19-/m0/s1. The number of likely N-dealkylation sites (tertiary alicyclic amines) is 1. The van der Waals surface area contributed by atoms with E-state index in [-0.39, 0.29) is 22.1 Å².